The molecule has 1 aliphatic heterocycles. The molecule has 0 fully saturated rings. The summed E-state index contributed by atoms with van der Waals surface area (Å²) in [5.41, 5.74) is 1.75. The SMILES string of the molecule is O=C1C=C(c2cccc(Cl)c2)C=NC1. The van der Waals surface area contributed by atoms with Crippen molar-refractivity contribution in [2.75, 3.05) is 6.54 Å². The van der Waals surface area contributed by atoms with Crippen molar-refractivity contribution in [1.82, 2.24) is 0 Å². The number of hydrogen-bond donors (Lipinski definition) is 0. The van der Waals surface area contributed by atoms with Gasteiger partial charge in [0.2, 0.25) is 0 Å². The maximum atomic E-state index is 11.1. The number of nitrogens with zero attached hydrogens (tertiary/aromatic N) is 1. The van der Waals surface area contributed by atoms with E-state index >= 15 is 0 Å². The smallest absolute Gasteiger partial charge is 0.177 e. The van der Waals surface area contributed by atoms with Crippen molar-refractivity contribution < 1.29 is 4.79 Å². The summed E-state index contributed by atoms with van der Waals surface area (Å²) in [6.07, 6.45) is 3.30. The first-order valence-corrected chi connectivity index (χ1v) is 4.64. The van der Waals surface area contributed by atoms with Crippen molar-refractivity contribution in [3.8, 4) is 0 Å². The lowest BCUT2D eigenvalue weighted by Crippen LogP contribution is -2.05. The lowest BCUT2D eigenvalue weighted by atomic mass is 10.0. The van der Waals surface area contributed by atoms with Crippen LogP contribution in [0.1, 0.15) is 5.56 Å². The van der Waals surface area contributed by atoms with E-state index in [9.17, 15) is 4.79 Å². The minimum absolute atomic E-state index is 0.0301. The van der Waals surface area contributed by atoms with Gasteiger partial charge >= 0.3 is 0 Å². The summed E-state index contributed by atoms with van der Waals surface area (Å²) in [4.78, 5) is 15.1. The molecule has 0 N–H and O–H groups in total. The molecule has 2 rings (SSSR count). The van der Waals surface area contributed by atoms with Crippen LogP contribution in [0, 0.1) is 0 Å². The fraction of sp³-hybridized carbons (Fsp3) is 0.0909. The van der Waals surface area contributed by atoms with E-state index in [-0.39, 0.29) is 12.3 Å². The van der Waals surface area contributed by atoms with Crippen LogP contribution in [0.4, 0.5) is 0 Å². The summed E-state index contributed by atoms with van der Waals surface area (Å²) in [6.45, 7) is 0.254. The topological polar surface area (TPSA) is 29.4 Å². The van der Waals surface area contributed by atoms with E-state index in [0.29, 0.717) is 5.02 Å². The van der Waals surface area contributed by atoms with Crippen LogP contribution >= 0.6 is 11.6 Å². The van der Waals surface area contributed by atoms with Gasteiger partial charge in [-0.1, -0.05) is 23.7 Å². The molecule has 1 aliphatic rings. The zero-order valence-corrected chi connectivity index (χ0v) is 8.16. The van der Waals surface area contributed by atoms with Crippen molar-refractivity contribution in [1.29, 1.82) is 0 Å². The van der Waals surface area contributed by atoms with E-state index in [1.54, 1.807) is 18.4 Å². The Morgan fingerprint density at radius 3 is 2.93 bits per heavy atom. The summed E-state index contributed by atoms with van der Waals surface area (Å²) in [7, 11) is 0. The molecule has 1 aromatic rings. The maximum absolute atomic E-state index is 11.1. The number of benzene rings is 1. The number of aliphatic imine (C=N–C) groups is 1. The second kappa shape index (κ2) is 3.76. The number of halogens is 1. The van der Waals surface area contributed by atoms with Gasteiger partial charge in [-0.05, 0) is 23.8 Å². The van der Waals surface area contributed by atoms with E-state index in [2.05, 4.69) is 4.99 Å². The molecule has 0 bridgehead atoms. The molecule has 0 radical (unpaired) electrons. The molecule has 0 saturated heterocycles. The summed E-state index contributed by atoms with van der Waals surface area (Å²) in [6, 6.07) is 7.37. The molecule has 0 unspecified atom stereocenters. The Kier molecular flexibility index (Phi) is 2.46. The Hall–Kier alpha value is -1.41. The van der Waals surface area contributed by atoms with E-state index < -0.39 is 0 Å². The molecule has 1 aromatic carbocycles. The first-order valence-electron chi connectivity index (χ1n) is 4.26. The first kappa shape index (κ1) is 9.16. The predicted molar refractivity (Wildman–Crippen MR) is 57.8 cm³/mol. The van der Waals surface area contributed by atoms with Gasteiger partial charge in [0.1, 0.15) is 6.54 Å². The van der Waals surface area contributed by atoms with Crippen LogP contribution in [0.5, 0.6) is 0 Å². The third-order valence-electron chi connectivity index (χ3n) is 1.95. The van der Waals surface area contributed by atoms with Gasteiger partial charge < -0.3 is 0 Å². The van der Waals surface area contributed by atoms with Crippen LogP contribution in [0.3, 0.4) is 0 Å². The average Bonchev–Trinajstić information content (AvgIpc) is 2.18. The van der Waals surface area contributed by atoms with Crippen molar-refractivity contribution in [2.24, 2.45) is 4.99 Å². The van der Waals surface area contributed by atoms with Crippen molar-refractivity contribution in [3.05, 3.63) is 40.9 Å². The molecule has 14 heavy (non-hydrogen) atoms. The molecule has 0 atom stereocenters. The Morgan fingerprint density at radius 1 is 1.36 bits per heavy atom. The third-order valence-corrected chi connectivity index (χ3v) is 2.19. The normalized spacial score (nSPS) is 15.5. The highest BCUT2D eigenvalue weighted by Crippen LogP contribution is 2.18. The van der Waals surface area contributed by atoms with Gasteiger partial charge in [0.25, 0.3) is 0 Å². The fourth-order valence-electron chi connectivity index (χ4n) is 1.32. The van der Waals surface area contributed by atoms with Crippen LogP contribution in [0.15, 0.2) is 35.3 Å². The van der Waals surface area contributed by atoms with E-state index in [0.717, 1.165) is 11.1 Å². The molecule has 3 heteroatoms. The van der Waals surface area contributed by atoms with E-state index in [4.69, 9.17) is 11.6 Å². The summed E-state index contributed by atoms with van der Waals surface area (Å²) < 4.78 is 0. The minimum atomic E-state index is 0.0301. The lowest BCUT2D eigenvalue weighted by molar-refractivity contribution is -0.113. The minimum Gasteiger partial charge on any atom is -0.293 e. The summed E-state index contributed by atoms with van der Waals surface area (Å²) in [5.74, 6) is 0.0301. The number of rotatable bonds is 1. The molecule has 0 saturated carbocycles. The van der Waals surface area contributed by atoms with Crippen LogP contribution in [0.2, 0.25) is 5.02 Å². The maximum Gasteiger partial charge on any atom is 0.177 e. The Labute approximate surface area is 86.9 Å². The fourth-order valence-corrected chi connectivity index (χ4v) is 1.51. The zero-order chi connectivity index (χ0) is 9.97. The molecular weight excluding hydrogens is 198 g/mol. The molecular formula is C11H8ClNO. The first-order chi connectivity index (χ1) is 6.75. The Bertz CT molecular complexity index is 435. The quantitative estimate of drug-likeness (QED) is 0.692. The van der Waals surface area contributed by atoms with Gasteiger partial charge in [0, 0.05) is 16.8 Å². The Balaban J connectivity index is 2.40. The second-order valence-electron chi connectivity index (χ2n) is 3.05. The molecule has 2 nitrogen and oxygen atoms in total. The average molecular weight is 206 g/mol. The Morgan fingerprint density at radius 2 is 2.21 bits per heavy atom. The number of carbonyl (C=O) groups excluding carboxylic acids is 1. The number of carbonyl (C=O) groups is 1. The number of dihydropyridines is 1. The lowest BCUT2D eigenvalue weighted by Gasteiger charge is -2.05. The second-order valence-corrected chi connectivity index (χ2v) is 3.48. The molecule has 0 aromatic heterocycles. The number of allylic oxidation sites excluding steroid dienone is 1. The van der Waals surface area contributed by atoms with E-state index in [1.807, 2.05) is 18.2 Å². The van der Waals surface area contributed by atoms with Gasteiger partial charge in [-0.25, -0.2) is 0 Å². The number of ketones is 1. The molecule has 70 valence electrons. The van der Waals surface area contributed by atoms with Crippen LogP contribution in [-0.4, -0.2) is 18.5 Å². The third kappa shape index (κ3) is 1.91. The van der Waals surface area contributed by atoms with Crippen molar-refractivity contribution >= 4 is 29.2 Å². The van der Waals surface area contributed by atoms with E-state index in [1.165, 1.54) is 0 Å². The monoisotopic (exact) mass is 205 g/mol. The number of hydrogen-bond acceptors (Lipinski definition) is 2. The molecule has 0 aliphatic carbocycles. The standard InChI is InChI=1S/C11H8ClNO/c12-10-3-1-2-8(4-10)9-5-11(14)7-13-6-9/h1-6H,7H2. The zero-order valence-electron chi connectivity index (χ0n) is 7.40. The highest BCUT2D eigenvalue weighted by molar-refractivity contribution is 6.31. The van der Waals surface area contributed by atoms with Crippen LogP contribution in [-0.2, 0) is 4.79 Å². The van der Waals surface area contributed by atoms with Crippen LogP contribution < -0.4 is 0 Å². The van der Waals surface area contributed by atoms with Gasteiger partial charge in [-0.2, -0.15) is 0 Å². The summed E-state index contributed by atoms with van der Waals surface area (Å²) in [5, 5.41) is 0.662. The molecule has 0 spiro atoms. The van der Waals surface area contributed by atoms with Gasteiger partial charge in [-0.3, -0.25) is 9.79 Å². The predicted octanol–water partition coefficient (Wildman–Crippen LogP) is 2.38. The van der Waals surface area contributed by atoms with Gasteiger partial charge in [0.15, 0.2) is 5.78 Å². The highest BCUT2D eigenvalue weighted by Gasteiger charge is 2.07. The van der Waals surface area contributed by atoms with Crippen molar-refractivity contribution in [3.63, 3.8) is 0 Å². The van der Waals surface area contributed by atoms with Crippen LogP contribution in [0.25, 0.3) is 5.57 Å². The highest BCUT2D eigenvalue weighted by atomic mass is 35.5. The largest absolute Gasteiger partial charge is 0.293 e. The van der Waals surface area contributed by atoms with Gasteiger partial charge in [-0.15, -0.1) is 0 Å². The molecule has 0 amide bonds. The van der Waals surface area contributed by atoms with Crippen molar-refractivity contribution in [2.45, 2.75) is 0 Å². The summed E-state index contributed by atoms with van der Waals surface area (Å²) >= 11 is 5.84. The molecule has 1 heterocycles. The van der Waals surface area contributed by atoms with Gasteiger partial charge in [0.05, 0.1) is 0 Å².